The van der Waals surface area contributed by atoms with Gasteiger partial charge in [-0.3, -0.25) is 9.59 Å². The maximum atomic E-state index is 13.1. The summed E-state index contributed by atoms with van der Waals surface area (Å²) in [7, 11) is -2.21. The normalized spacial score (nSPS) is 23.0. The van der Waals surface area contributed by atoms with Crippen molar-refractivity contribution in [3.63, 3.8) is 0 Å². The molecule has 2 fully saturated rings. The number of methoxy groups -OCH3 is 1. The first-order valence-corrected chi connectivity index (χ1v) is 13.6. The Morgan fingerprint density at radius 3 is 2.11 bits per heavy atom. The van der Waals surface area contributed by atoms with Gasteiger partial charge in [-0.1, -0.05) is 11.6 Å². The number of sulfonamides is 1. The van der Waals surface area contributed by atoms with Gasteiger partial charge in [0.15, 0.2) is 0 Å². The fourth-order valence-corrected chi connectivity index (χ4v) is 6.50. The quantitative estimate of drug-likeness (QED) is 0.583. The Morgan fingerprint density at radius 1 is 0.914 bits per heavy atom. The van der Waals surface area contributed by atoms with Gasteiger partial charge in [0.2, 0.25) is 15.9 Å². The van der Waals surface area contributed by atoms with Gasteiger partial charge in [-0.25, -0.2) is 8.42 Å². The Labute approximate surface area is 211 Å². The van der Waals surface area contributed by atoms with Crippen molar-refractivity contribution in [1.82, 2.24) is 14.9 Å². The predicted molar refractivity (Wildman–Crippen MR) is 133 cm³/mol. The molecule has 0 spiro atoms. The number of ether oxygens (including phenoxy) is 1. The molecule has 2 aromatic carbocycles. The van der Waals surface area contributed by atoms with Crippen molar-refractivity contribution < 1.29 is 22.7 Å². The predicted octanol–water partition coefficient (Wildman–Crippen LogP) is 3.36. The van der Waals surface area contributed by atoms with Crippen molar-refractivity contribution in [2.75, 3.05) is 13.7 Å². The highest BCUT2D eigenvalue weighted by Crippen LogP contribution is 2.28. The van der Waals surface area contributed by atoms with Crippen molar-refractivity contribution in [3.05, 3.63) is 59.1 Å². The maximum absolute atomic E-state index is 13.1. The molecule has 1 saturated carbocycles. The van der Waals surface area contributed by atoms with Crippen molar-refractivity contribution in [3.8, 4) is 5.75 Å². The van der Waals surface area contributed by atoms with Crippen LogP contribution in [0.25, 0.3) is 0 Å². The molecule has 35 heavy (non-hydrogen) atoms. The van der Waals surface area contributed by atoms with Crippen LogP contribution in [-0.2, 0) is 14.8 Å². The third kappa shape index (κ3) is 5.97. The second-order valence-electron chi connectivity index (χ2n) is 8.99. The number of benzene rings is 2. The van der Waals surface area contributed by atoms with E-state index in [1.54, 1.807) is 31.4 Å². The topological polar surface area (TPSA) is 105 Å². The van der Waals surface area contributed by atoms with Crippen molar-refractivity contribution in [2.45, 2.75) is 61.5 Å². The standard InChI is InChI=1S/C25H30ClN3O5S/c1-34-21-12-4-17(5-13-21)24(30)27-19-8-10-20(11-9-19)28-25(31)23-3-2-16-29(23)35(32,33)22-14-6-18(26)7-15-22/h4-7,12-15,19-20,23H,2-3,8-11,16H2,1H3,(H,27,30)(H,28,31)/t19?,20?,23-/m0/s1. The minimum atomic E-state index is -3.79. The van der Waals surface area contributed by atoms with Crippen LogP contribution in [0.1, 0.15) is 48.9 Å². The van der Waals surface area contributed by atoms with Crippen LogP contribution >= 0.6 is 11.6 Å². The van der Waals surface area contributed by atoms with Crippen molar-refractivity contribution in [1.29, 1.82) is 0 Å². The molecule has 2 N–H and O–H groups in total. The summed E-state index contributed by atoms with van der Waals surface area (Å²) in [6.45, 7) is 0.313. The van der Waals surface area contributed by atoms with Crippen molar-refractivity contribution in [2.24, 2.45) is 0 Å². The fourth-order valence-electron chi connectivity index (χ4n) is 4.72. The third-order valence-corrected chi connectivity index (χ3v) is 8.86. The van der Waals surface area contributed by atoms with E-state index >= 15 is 0 Å². The lowest BCUT2D eigenvalue weighted by molar-refractivity contribution is -0.125. The summed E-state index contributed by atoms with van der Waals surface area (Å²) in [5.41, 5.74) is 0.574. The molecule has 2 aromatic rings. The first-order valence-electron chi connectivity index (χ1n) is 11.8. The minimum Gasteiger partial charge on any atom is -0.497 e. The summed E-state index contributed by atoms with van der Waals surface area (Å²) in [5, 5.41) is 6.56. The van der Waals surface area contributed by atoms with Crippen LogP contribution in [-0.4, -0.2) is 56.3 Å². The van der Waals surface area contributed by atoms with Gasteiger partial charge in [0, 0.05) is 29.2 Å². The van der Waals surface area contributed by atoms with Gasteiger partial charge in [0.1, 0.15) is 11.8 Å². The highest BCUT2D eigenvalue weighted by atomic mass is 35.5. The van der Waals surface area contributed by atoms with E-state index < -0.39 is 16.1 Å². The molecule has 1 aliphatic heterocycles. The second-order valence-corrected chi connectivity index (χ2v) is 11.3. The highest BCUT2D eigenvalue weighted by molar-refractivity contribution is 7.89. The monoisotopic (exact) mass is 519 g/mol. The van der Waals surface area contributed by atoms with Crippen LogP contribution in [0.2, 0.25) is 5.02 Å². The molecule has 0 aromatic heterocycles. The number of hydrogen-bond acceptors (Lipinski definition) is 5. The van der Waals surface area contributed by atoms with E-state index in [2.05, 4.69) is 10.6 Å². The maximum Gasteiger partial charge on any atom is 0.251 e. The number of hydrogen-bond donors (Lipinski definition) is 2. The van der Waals surface area contributed by atoms with E-state index in [0.717, 1.165) is 25.7 Å². The number of nitrogens with zero attached hydrogens (tertiary/aromatic N) is 1. The summed E-state index contributed by atoms with van der Waals surface area (Å²) >= 11 is 5.89. The number of halogens is 1. The van der Waals surface area contributed by atoms with Crippen molar-refractivity contribution >= 4 is 33.4 Å². The Hall–Kier alpha value is -2.62. The summed E-state index contributed by atoms with van der Waals surface area (Å²) in [4.78, 5) is 25.7. The smallest absolute Gasteiger partial charge is 0.251 e. The largest absolute Gasteiger partial charge is 0.497 e. The number of nitrogens with one attached hydrogen (secondary N) is 2. The Morgan fingerprint density at radius 2 is 1.51 bits per heavy atom. The van der Waals surface area contributed by atoms with Gasteiger partial charge in [0.25, 0.3) is 5.91 Å². The lowest BCUT2D eigenvalue weighted by Gasteiger charge is -2.31. The molecule has 188 valence electrons. The zero-order valence-electron chi connectivity index (χ0n) is 19.6. The molecule has 8 nitrogen and oxygen atoms in total. The molecule has 1 atom stereocenters. The summed E-state index contributed by atoms with van der Waals surface area (Å²) in [5.74, 6) is 0.305. The highest BCUT2D eigenvalue weighted by Gasteiger charge is 2.40. The molecule has 2 amide bonds. The average molecular weight is 520 g/mol. The lowest BCUT2D eigenvalue weighted by Crippen LogP contribution is -2.50. The first-order chi connectivity index (χ1) is 16.8. The van der Waals surface area contributed by atoms with Crippen LogP contribution < -0.4 is 15.4 Å². The molecule has 0 unspecified atom stereocenters. The third-order valence-electron chi connectivity index (χ3n) is 6.69. The fraction of sp³-hybridized carbons (Fsp3) is 0.440. The molecule has 10 heteroatoms. The summed E-state index contributed by atoms with van der Waals surface area (Å²) in [6, 6.07) is 12.2. The molecule has 0 radical (unpaired) electrons. The van der Waals surface area contributed by atoms with E-state index in [1.807, 2.05) is 0 Å². The van der Waals surface area contributed by atoms with Gasteiger partial charge < -0.3 is 15.4 Å². The number of carbonyl (C=O) groups excluding carboxylic acids is 2. The molecular weight excluding hydrogens is 490 g/mol. The molecule has 0 bridgehead atoms. The van der Waals surface area contributed by atoms with Crippen LogP contribution in [0.3, 0.4) is 0 Å². The zero-order chi connectivity index (χ0) is 25.0. The zero-order valence-corrected chi connectivity index (χ0v) is 21.1. The van der Waals surface area contributed by atoms with Gasteiger partial charge in [-0.15, -0.1) is 0 Å². The van der Waals surface area contributed by atoms with Crippen LogP contribution in [0.5, 0.6) is 5.75 Å². The molecule has 1 aliphatic carbocycles. The van der Waals surface area contributed by atoms with Gasteiger partial charge in [0.05, 0.1) is 12.0 Å². The SMILES string of the molecule is COc1ccc(C(=O)NC2CCC(NC(=O)[C@@H]3CCCN3S(=O)(=O)c3ccc(Cl)cc3)CC2)cc1. The lowest BCUT2D eigenvalue weighted by atomic mass is 9.90. The van der Waals surface area contributed by atoms with E-state index in [-0.39, 0.29) is 28.8 Å². The first kappa shape index (κ1) is 25.5. The molecule has 1 heterocycles. The Kier molecular flexibility index (Phi) is 7.98. The minimum absolute atomic E-state index is 0.0333. The number of carbonyl (C=O) groups is 2. The Balaban J connectivity index is 1.29. The number of amides is 2. The Bertz CT molecular complexity index is 1150. The van der Waals surface area contributed by atoms with E-state index in [4.69, 9.17) is 16.3 Å². The van der Waals surface area contributed by atoms with E-state index in [1.165, 1.54) is 28.6 Å². The molecule has 2 aliphatic rings. The second kappa shape index (κ2) is 11.0. The summed E-state index contributed by atoms with van der Waals surface area (Å²) < 4.78 is 32.6. The van der Waals surface area contributed by atoms with Gasteiger partial charge >= 0.3 is 0 Å². The molecule has 4 rings (SSSR count). The molecule has 1 saturated heterocycles. The average Bonchev–Trinajstić information content (AvgIpc) is 3.37. The van der Waals surface area contributed by atoms with Gasteiger partial charge in [-0.2, -0.15) is 4.31 Å². The van der Waals surface area contributed by atoms with E-state index in [9.17, 15) is 18.0 Å². The van der Waals surface area contributed by atoms with E-state index in [0.29, 0.717) is 35.7 Å². The summed E-state index contributed by atoms with van der Waals surface area (Å²) in [6.07, 6.45) is 4.04. The molecular formula is C25H30ClN3O5S. The van der Waals surface area contributed by atoms with Gasteiger partial charge in [-0.05, 0) is 87.1 Å². The van der Waals surface area contributed by atoms with Crippen LogP contribution in [0, 0.1) is 0 Å². The number of rotatable bonds is 7. The van der Waals surface area contributed by atoms with Crippen LogP contribution in [0.15, 0.2) is 53.4 Å². The van der Waals surface area contributed by atoms with Crippen LogP contribution in [0.4, 0.5) is 0 Å².